The fourth-order valence-electron chi connectivity index (χ4n) is 4.35. The van der Waals surface area contributed by atoms with Gasteiger partial charge in [0.1, 0.15) is 17.3 Å². The van der Waals surface area contributed by atoms with Crippen molar-refractivity contribution in [2.75, 3.05) is 33.3 Å². The number of amides is 1. The number of piperazine rings is 1. The lowest BCUT2D eigenvalue weighted by Crippen LogP contribution is -2.48. The maximum absolute atomic E-state index is 13.6. The molecular weight excluding hydrogens is 443 g/mol. The molecule has 1 aliphatic heterocycles. The molecule has 7 heteroatoms. The van der Waals surface area contributed by atoms with Gasteiger partial charge in [0, 0.05) is 38.3 Å². The molecule has 1 amide bonds. The Bertz CT molecular complexity index is 1300. The highest BCUT2D eigenvalue weighted by molar-refractivity contribution is 5.94. The van der Waals surface area contributed by atoms with Crippen LogP contribution in [0.1, 0.15) is 16.1 Å². The van der Waals surface area contributed by atoms with Gasteiger partial charge in [0.05, 0.1) is 18.5 Å². The van der Waals surface area contributed by atoms with E-state index in [9.17, 15) is 9.18 Å². The second-order valence-corrected chi connectivity index (χ2v) is 8.59. The lowest BCUT2D eigenvalue weighted by Gasteiger charge is -2.34. The normalized spacial score (nSPS) is 14.2. The molecule has 35 heavy (non-hydrogen) atoms. The van der Waals surface area contributed by atoms with Crippen LogP contribution < -0.4 is 4.74 Å². The summed E-state index contributed by atoms with van der Waals surface area (Å²) in [7, 11) is 1.61. The third-order valence-electron chi connectivity index (χ3n) is 6.27. The highest BCUT2D eigenvalue weighted by atomic mass is 19.1. The molecule has 1 fully saturated rings. The van der Waals surface area contributed by atoms with Crippen molar-refractivity contribution in [2.24, 2.45) is 0 Å². The first-order valence-corrected chi connectivity index (χ1v) is 11.7. The highest BCUT2D eigenvalue weighted by Gasteiger charge is 2.26. The summed E-state index contributed by atoms with van der Waals surface area (Å²) in [6.07, 6.45) is 0. The smallest absolute Gasteiger partial charge is 0.272 e. The lowest BCUT2D eigenvalue weighted by molar-refractivity contribution is 0.0619. The minimum absolute atomic E-state index is 0.0877. The summed E-state index contributed by atoms with van der Waals surface area (Å²) in [5.74, 6) is 0.285. The minimum Gasteiger partial charge on any atom is -0.497 e. The fourth-order valence-corrected chi connectivity index (χ4v) is 4.35. The molecule has 0 N–H and O–H groups in total. The van der Waals surface area contributed by atoms with Gasteiger partial charge in [-0.3, -0.25) is 9.69 Å². The molecule has 0 bridgehead atoms. The molecule has 1 saturated heterocycles. The summed E-state index contributed by atoms with van der Waals surface area (Å²) >= 11 is 0. The van der Waals surface area contributed by atoms with Gasteiger partial charge in [-0.25, -0.2) is 9.07 Å². The summed E-state index contributed by atoms with van der Waals surface area (Å²) in [6.45, 7) is 3.74. The van der Waals surface area contributed by atoms with Crippen LogP contribution in [0.15, 0.2) is 84.9 Å². The third kappa shape index (κ3) is 5.10. The van der Waals surface area contributed by atoms with Crippen molar-refractivity contribution < 1.29 is 13.9 Å². The monoisotopic (exact) mass is 470 g/mol. The number of benzene rings is 3. The molecule has 0 atom stereocenters. The number of aromatic nitrogens is 2. The third-order valence-corrected chi connectivity index (χ3v) is 6.27. The van der Waals surface area contributed by atoms with E-state index in [4.69, 9.17) is 9.84 Å². The molecule has 2 heterocycles. The number of carbonyl (C=O) groups excluding carboxylic acids is 1. The van der Waals surface area contributed by atoms with Crippen molar-refractivity contribution in [2.45, 2.75) is 6.54 Å². The van der Waals surface area contributed by atoms with Crippen LogP contribution in [0.25, 0.3) is 16.9 Å². The molecule has 0 saturated carbocycles. The Labute approximate surface area is 204 Å². The molecule has 1 aromatic heterocycles. The molecule has 0 spiro atoms. The number of hydrogen-bond acceptors (Lipinski definition) is 4. The fraction of sp³-hybridized carbons (Fsp3) is 0.214. The lowest BCUT2D eigenvalue weighted by atomic mass is 10.1. The van der Waals surface area contributed by atoms with E-state index in [1.807, 2.05) is 47.4 Å². The van der Waals surface area contributed by atoms with Gasteiger partial charge in [0.2, 0.25) is 0 Å². The number of nitrogens with zero attached hydrogens (tertiary/aromatic N) is 4. The SMILES string of the molecule is COc1cccc(-c2cc(C(=O)N3CCN(Cc4ccccc4)CC3)n(-c3ccc(F)cc3)n2)c1. The van der Waals surface area contributed by atoms with Crippen LogP contribution in [0, 0.1) is 5.82 Å². The first-order chi connectivity index (χ1) is 17.1. The molecule has 0 unspecified atom stereocenters. The van der Waals surface area contributed by atoms with E-state index in [1.165, 1.54) is 17.7 Å². The van der Waals surface area contributed by atoms with Crippen molar-refractivity contribution >= 4 is 5.91 Å². The predicted octanol–water partition coefficient (Wildman–Crippen LogP) is 4.65. The quantitative estimate of drug-likeness (QED) is 0.412. The largest absolute Gasteiger partial charge is 0.497 e. The Morgan fingerprint density at radius 1 is 0.914 bits per heavy atom. The zero-order chi connectivity index (χ0) is 24.2. The first-order valence-electron chi connectivity index (χ1n) is 11.7. The summed E-state index contributed by atoms with van der Waals surface area (Å²) < 4.78 is 20.5. The van der Waals surface area contributed by atoms with Gasteiger partial charge >= 0.3 is 0 Å². The van der Waals surface area contributed by atoms with Gasteiger partial charge < -0.3 is 9.64 Å². The zero-order valence-electron chi connectivity index (χ0n) is 19.6. The molecule has 4 aromatic rings. The maximum atomic E-state index is 13.6. The summed E-state index contributed by atoms with van der Waals surface area (Å²) in [6, 6.07) is 25.7. The van der Waals surface area contributed by atoms with Gasteiger partial charge in [-0.15, -0.1) is 0 Å². The number of rotatable bonds is 6. The second kappa shape index (κ2) is 10.1. The number of methoxy groups -OCH3 is 1. The van der Waals surface area contributed by atoms with Crippen LogP contribution in [-0.4, -0.2) is 58.8 Å². The maximum Gasteiger partial charge on any atom is 0.272 e. The van der Waals surface area contributed by atoms with Gasteiger partial charge in [-0.2, -0.15) is 5.10 Å². The van der Waals surface area contributed by atoms with Gasteiger partial charge in [0.25, 0.3) is 5.91 Å². The van der Waals surface area contributed by atoms with Crippen molar-refractivity contribution in [3.8, 4) is 22.7 Å². The Hall–Kier alpha value is -3.97. The van der Waals surface area contributed by atoms with Crippen LogP contribution >= 0.6 is 0 Å². The van der Waals surface area contributed by atoms with Crippen molar-refractivity contribution in [3.63, 3.8) is 0 Å². The van der Waals surface area contributed by atoms with Crippen LogP contribution in [0.5, 0.6) is 5.75 Å². The molecule has 3 aromatic carbocycles. The number of halogens is 1. The molecule has 1 aliphatic rings. The van der Waals surface area contributed by atoms with Crippen molar-refractivity contribution in [3.05, 3.63) is 102 Å². The molecule has 178 valence electrons. The van der Waals surface area contributed by atoms with E-state index in [0.717, 1.165) is 25.2 Å². The Balaban J connectivity index is 1.40. The Kier molecular flexibility index (Phi) is 6.59. The number of hydrogen-bond donors (Lipinski definition) is 0. The number of carbonyl (C=O) groups is 1. The van der Waals surface area contributed by atoms with Gasteiger partial charge in [-0.05, 0) is 48.0 Å². The van der Waals surface area contributed by atoms with Crippen LogP contribution in [0.2, 0.25) is 0 Å². The summed E-state index contributed by atoms with van der Waals surface area (Å²) in [5.41, 5.74) is 3.84. The van der Waals surface area contributed by atoms with Crippen LogP contribution in [0.4, 0.5) is 4.39 Å². The van der Waals surface area contributed by atoms with Crippen molar-refractivity contribution in [1.82, 2.24) is 19.6 Å². The van der Waals surface area contributed by atoms with E-state index >= 15 is 0 Å². The average Bonchev–Trinajstić information content (AvgIpc) is 3.35. The van der Waals surface area contributed by atoms with Crippen LogP contribution in [0.3, 0.4) is 0 Å². The van der Waals surface area contributed by atoms with E-state index < -0.39 is 0 Å². The summed E-state index contributed by atoms with van der Waals surface area (Å²) in [4.78, 5) is 17.9. The molecular formula is C28H27FN4O2. The van der Waals surface area contributed by atoms with E-state index in [1.54, 1.807) is 30.0 Å². The molecule has 0 radical (unpaired) electrons. The number of ether oxygens (including phenoxy) is 1. The first kappa shape index (κ1) is 22.8. The van der Waals surface area contributed by atoms with Gasteiger partial charge in [-0.1, -0.05) is 42.5 Å². The minimum atomic E-state index is -0.337. The molecule has 6 nitrogen and oxygen atoms in total. The topological polar surface area (TPSA) is 50.6 Å². The predicted molar refractivity (Wildman–Crippen MR) is 133 cm³/mol. The van der Waals surface area contributed by atoms with Crippen molar-refractivity contribution in [1.29, 1.82) is 0 Å². The average molecular weight is 471 g/mol. The zero-order valence-corrected chi connectivity index (χ0v) is 19.6. The van der Waals surface area contributed by atoms with Crippen LogP contribution in [-0.2, 0) is 6.54 Å². The molecule has 0 aliphatic carbocycles. The highest BCUT2D eigenvalue weighted by Crippen LogP contribution is 2.26. The molecule has 5 rings (SSSR count). The van der Waals surface area contributed by atoms with E-state index in [2.05, 4.69) is 17.0 Å². The Morgan fingerprint density at radius 2 is 1.66 bits per heavy atom. The van der Waals surface area contributed by atoms with E-state index in [-0.39, 0.29) is 11.7 Å². The van der Waals surface area contributed by atoms with E-state index in [0.29, 0.717) is 35.9 Å². The summed E-state index contributed by atoms with van der Waals surface area (Å²) in [5, 5.41) is 4.72. The Morgan fingerprint density at radius 3 is 2.37 bits per heavy atom. The van der Waals surface area contributed by atoms with Gasteiger partial charge in [0.15, 0.2) is 0 Å². The second-order valence-electron chi connectivity index (χ2n) is 8.59. The standard InChI is InChI=1S/C28H27FN4O2/c1-35-25-9-5-8-22(18-25)26-19-27(33(30-26)24-12-10-23(29)11-13-24)28(34)32-16-14-31(15-17-32)20-21-6-3-2-4-7-21/h2-13,18-19H,14-17,20H2,1H3.